The Kier molecular flexibility index (Phi) is 8.84. The van der Waals surface area contributed by atoms with Crippen LogP contribution in [0.1, 0.15) is 94.8 Å². The molecule has 6 N–H and O–H groups in total. The predicted octanol–water partition coefficient (Wildman–Crippen LogP) is 3.48. The molecule has 4 bridgehead atoms. The summed E-state index contributed by atoms with van der Waals surface area (Å²) >= 11 is 0. The van der Waals surface area contributed by atoms with Crippen molar-refractivity contribution in [2.75, 3.05) is 19.6 Å². The first kappa shape index (κ1) is 31.8. The predicted molar refractivity (Wildman–Crippen MR) is 160 cm³/mol. The van der Waals surface area contributed by atoms with Gasteiger partial charge < -0.3 is 26.2 Å². The molecule has 44 heavy (non-hydrogen) atoms. The van der Waals surface area contributed by atoms with Crippen molar-refractivity contribution in [3.8, 4) is 0 Å². The average Bonchev–Trinajstić information content (AvgIpc) is 3.35. The molecular formula is C33H49FN4O6. The molecule has 1 aliphatic heterocycles. The van der Waals surface area contributed by atoms with Gasteiger partial charge >= 0.3 is 0 Å². The fraction of sp³-hybridized carbons (Fsp3) is 0.758. The molecule has 1 heterocycles. The summed E-state index contributed by atoms with van der Waals surface area (Å²) in [7, 11) is 0. The Morgan fingerprint density at radius 2 is 1.73 bits per heavy atom. The number of hydrogen-bond acceptors (Lipinski definition) is 8. The fourth-order valence-corrected chi connectivity index (χ4v) is 8.71. The summed E-state index contributed by atoms with van der Waals surface area (Å²) in [6.45, 7) is 5.28. The first-order chi connectivity index (χ1) is 20.9. The molecule has 1 aromatic carbocycles. The van der Waals surface area contributed by atoms with E-state index in [2.05, 4.69) is 16.0 Å². The molecular weight excluding hydrogens is 567 g/mol. The van der Waals surface area contributed by atoms with Crippen LogP contribution in [0.5, 0.6) is 0 Å². The van der Waals surface area contributed by atoms with Crippen molar-refractivity contribution in [1.82, 2.24) is 16.0 Å². The van der Waals surface area contributed by atoms with E-state index in [-0.39, 0.29) is 40.8 Å². The molecule has 1 saturated heterocycles. The monoisotopic (exact) mass is 616 g/mol. The molecule has 3 unspecified atom stereocenters. The number of carbonyl (C=O) groups is 2. The lowest BCUT2D eigenvalue weighted by molar-refractivity contribution is -0.398. The molecule has 10 nitrogen and oxygen atoms in total. The van der Waals surface area contributed by atoms with Crippen molar-refractivity contribution < 1.29 is 33.6 Å². The van der Waals surface area contributed by atoms with E-state index in [1.807, 2.05) is 13.8 Å². The molecule has 5 aliphatic carbocycles. The molecule has 2 spiro atoms. The Hall–Kier alpha value is -2.15. The third-order valence-corrected chi connectivity index (χ3v) is 10.8. The highest BCUT2D eigenvalue weighted by atomic mass is 19.1. The maximum atomic E-state index is 13.1. The maximum absolute atomic E-state index is 13.1. The second kappa shape index (κ2) is 12.2. The summed E-state index contributed by atoms with van der Waals surface area (Å²) in [5, 5.41) is 20.5. The zero-order valence-electron chi connectivity index (χ0n) is 26.0. The molecule has 6 fully saturated rings. The fourth-order valence-electron chi connectivity index (χ4n) is 8.71. The molecule has 11 heteroatoms. The number of nitrogens with two attached hydrogens (primary N) is 1. The Morgan fingerprint density at radius 3 is 2.39 bits per heavy atom. The van der Waals surface area contributed by atoms with Crippen molar-refractivity contribution >= 4 is 11.8 Å². The zero-order valence-corrected chi connectivity index (χ0v) is 26.0. The first-order valence-corrected chi connectivity index (χ1v) is 16.5. The molecule has 2 amide bonds. The number of halogens is 1. The third-order valence-electron chi connectivity index (χ3n) is 10.8. The van der Waals surface area contributed by atoms with Crippen LogP contribution in [0.25, 0.3) is 0 Å². The molecule has 7 rings (SSSR count). The van der Waals surface area contributed by atoms with Gasteiger partial charge in [-0.25, -0.2) is 4.39 Å². The number of carbonyl (C=O) groups excluding carboxylic acids is 2. The van der Waals surface area contributed by atoms with E-state index in [9.17, 15) is 19.1 Å². The zero-order chi connectivity index (χ0) is 31.2. The topological polar surface area (TPSA) is 144 Å². The van der Waals surface area contributed by atoms with Crippen LogP contribution >= 0.6 is 0 Å². The van der Waals surface area contributed by atoms with E-state index in [1.165, 1.54) is 24.3 Å². The van der Waals surface area contributed by atoms with Crippen LogP contribution in [-0.2, 0) is 19.3 Å². The molecule has 0 aromatic heterocycles. The molecule has 6 aliphatic rings. The van der Waals surface area contributed by atoms with Crippen LogP contribution in [0.2, 0.25) is 0 Å². The highest BCUT2D eigenvalue weighted by molar-refractivity contribution is 5.94. The lowest BCUT2D eigenvalue weighted by Gasteiger charge is -2.63. The molecule has 244 valence electrons. The van der Waals surface area contributed by atoms with Crippen LogP contribution in [0.15, 0.2) is 24.3 Å². The largest absolute Gasteiger partial charge is 0.378 e. The van der Waals surface area contributed by atoms with Crippen LogP contribution in [0, 0.1) is 34.9 Å². The summed E-state index contributed by atoms with van der Waals surface area (Å²) in [5.41, 5.74) is 5.76. The van der Waals surface area contributed by atoms with Gasteiger partial charge in [0.25, 0.3) is 5.91 Å². The molecule has 0 radical (unpaired) electrons. The Labute approximate surface area is 259 Å². The lowest BCUT2D eigenvalue weighted by Crippen LogP contribution is -2.66. The third kappa shape index (κ3) is 6.55. The highest BCUT2D eigenvalue weighted by Crippen LogP contribution is 2.68. The van der Waals surface area contributed by atoms with Crippen molar-refractivity contribution in [3.63, 3.8) is 0 Å². The first-order valence-electron chi connectivity index (χ1n) is 16.5. The van der Waals surface area contributed by atoms with E-state index >= 15 is 0 Å². The Bertz CT molecular complexity index is 1180. The van der Waals surface area contributed by atoms with E-state index in [0.29, 0.717) is 56.8 Å². The van der Waals surface area contributed by atoms with Gasteiger partial charge in [0.2, 0.25) is 17.5 Å². The van der Waals surface area contributed by atoms with Crippen LogP contribution in [0.4, 0.5) is 4.39 Å². The lowest BCUT2D eigenvalue weighted by atomic mass is 9.46. The molecule has 3 atom stereocenters. The molecule has 5 saturated carbocycles. The summed E-state index contributed by atoms with van der Waals surface area (Å²) in [6, 6.07) is 5.48. The number of amides is 2. The quantitative estimate of drug-likeness (QED) is 0.144. The van der Waals surface area contributed by atoms with Gasteiger partial charge in [-0.2, -0.15) is 9.78 Å². The van der Waals surface area contributed by atoms with Gasteiger partial charge in [0.1, 0.15) is 12.0 Å². The number of ether oxygens (including phenoxy) is 1. The number of hydrogen-bond donors (Lipinski definition) is 5. The van der Waals surface area contributed by atoms with Crippen LogP contribution < -0.4 is 21.7 Å². The minimum absolute atomic E-state index is 0.0405. The van der Waals surface area contributed by atoms with Crippen molar-refractivity contribution in [2.45, 2.75) is 108 Å². The number of rotatable bonds is 11. The van der Waals surface area contributed by atoms with E-state index in [4.69, 9.17) is 20.2 Å². The van der Waals surface area contributed by atoms with Crippen LogP contribution in [-0.4, -0.2) is 59.9 Å². The summed E-state index contributed by atoms with van der Waals surface area (Å²) < 4.78 is 20.0. The van der Waals surface area contributed by atoms with Crippen molar-refractivity contribution in [2.24, 2.45) is 34.8 Å². The number of benzene rings is 1. The van der Waals surface area contributed by atoms with Gasteiger partial charge in [0, 0.05) is 60.7 Å². The number of nitrogens with one attached hydrogen (secondary N) is 3. The standard InChI is InChI=1S/C33H49FN4O6/c1-30(2,35)20-38-27(39)16-21-8-10-32(11-9-21)42-33(44-43-32)24-14-22-15-25(33)19-31(17-22,18-24)29(41)37-13-3-12-36-28(40)23-4-6-26(34)7-5-23/h4-7,21-22,24-25,29,37,41H,3,8-20,35H2,1-2H3,(H,36,40)(H,38,39). The summed E-state index contributed by atoms with van der Waals surface area (Å²) in [5.74, 6) is -0.971. The Balaban J connectivity index is 0.976. The van der Waals surface area contributed by atoms with Gasteiger partial charge in [-0.1, -0.05) is 0 Å². The summed E-state index contributed by atoms with van der Waals surface area (Å²) in [4.78, 5) is 37.0. The van der Waals surface area contributed by atoms with E-state index in [0.717, 1.165) is 44.9 Å². The van der Waals surface area contributed by atoms with Gasteiger partial charge in [0.15, 0.2) is 0 Å². The van der Waals surface area contributed by atoms with Gasteiger partial charge in [0.05, 0.1) is 0 Å². The highest BCUT2D eigenvalue weighted by Gasteiger charge is 2.70. The minimum atomic E-state index is -0.762. The molecule has 1 aromatic rings. The smallest absolute Gasteiger partial charge is 0.251 e. The average molecular weight is 617 g/mol. The maximum Gasteiger partial charge on any atom is 0.251 e. The minimum Gasteiger partial charge on any atom is -0.378 e. The van der Waals surface area contributed by atoms with E-state index in [1.54, 1.807) is 0 Å². The second-order valence-corrected chi connectivity index (χ2v) is 15.0. The van der Waals surface area contributed by atoms with Crippen molar-refractivity contribution in [3.05, 3.63) is 35.6 Å². The Morgan fingerprint density at radius 1 is 1.05 bits per heavy atom. The number of aliphatic hydroxyl groups is 1. The SMILES string of the molecule is CC(C)(N)CNC(=O)CC1CCC2(CC1)OOC1(O2)C2CC3CC1CC(C(O)NCCCNC(=O)c1ccc(F)cc1)(C3)C2. The van der Waals surface area contributed by atoms with Crippen LogP contribution in [0.3, 0.4) is 0 Å². The number of aliphatic hydroxyl groups excluding tert-OH is 1. The van der Waals surface area contributed by atoms with Crippen molar-refractivity contribution in [1.29, 1.82) is 0 Å². The summed E-state index contributed by atoms with van der Waals surface area (Å²) in [6.07, 6.45) is 8.23. The van der Waals surface area contributed by atoms with E-state index < -0.39 is 23.3 Å². The second-order valence-electron chi connectivity index (χ2n) is 15.0. The normalized spacial score (nSPS) is 36.6. The van der Waals surface area contributed by atoms with Gasteiger partial charge in [-0.15, -0.1) is 0 Å². The van der Waals surface area contributed by atoms with Gasteiger partial charge in [-0.05, 0) is 108 Å². The van der Waals surface area contributed by atoms with Gasteiger partial charge in [-0.3, -0.25) is 14.9 Å².